The van der Waals surface area contributed by atoms with E-state index in [0.717, 1.165) is 19.3 Å². The number of hydrogen-bond donors (Lipinski definition) is 1. The molecule has 14 heavy (non-hydrogen) atoms. The van der Waals surface area contributed by atoms with Crippen molar-refractivity contribution < 1.29 is 9.84 Å². The first-order valence-electron chi connectivity index (χ1n) is 5.76. The largest absolute Gasteiger partial charge is 0.396 e. The minimum Gasteiger partial charge on any atom is -0.396 e. The minimum absolute atomic E-state index is 0.279. The molecular formula is C11H23NO2. The van der Waals surface area contributed by atoms with E-state index in [9.17, 15) is 0 Å². The number of unbranched alkanes of at least 4 members (excludes halogenated alkanes) is 1. The van der Waals surface area contributed by atoms with Gasteiger partial charge in [-0.25, -0.2) is 0 Å². The first-order valence-corrected chi connectivity index (χ1v) is 5.76. The molecule has 0 aromatic carbocycles. The van der Waals surface area contributed by atoms with Crippen LogP contribution in [0.15, 0.2) is 0 Å². The van der Waals surface area contributed by atoms with Crippen LogP contribution >= 0.6 is 0 Å². The lowest BCUT2D eigenvalue weighted by Gasteiger charge is -2.33. The molecule has 0 spiro atoms. The van der Waals surface area contributed by atoms with Crippen LogP contribution in [0.3, 0.4) is 0 Å². The second-order valence-corrected chi connectivity index (χ2v) is 4.01. The average molecular weight is 201 g/mol. The summed E-state index contributed by atoms with van der Waals surface area (Å²) in [4.78, 5) is 2.43. The Bertz CT molecular complexity index is 135. The average Bonchev–Trinajstić information content (AvgIpc) is 2.26. The van der Waals surface area contributed by atoms with E-state index >= 15 is 0 Å². The van der Waals surface area contributed by atoms with Crippen LogP contribution in [0.4, 0.5) is 0 Å². The van der Waals surface area contributed by atoms with Crippen molar-refractivity contribution in [2.24, 2.45) is 0 Å². The molecule has 0 radical (unpaired) electrons. The topological polar surface area (TPSA) is 32.7 Å². The molecule has 3 heteroatoms. The summed E-state index contributed by atoms with van der Waals surface area (Å²) < 4.78 is 5.48. The summed E-state index contributed by atoms with van der Waals surface area (Å²) in [6, 6.07) is 0. The van der Waals surface area contributed by atoms with E-state index in [-0.39, 0.29) is 6.23 Å². The summed E-state index contributed by atoms with van der Waals surface area (Å²) in [6.07, 6.45) is 7.27. The maximum Gasteiger partial charge on any atom is 0.110 e. The van der Waals surface area contributed by atoms with Crippen LogP contribution in [0.1, 0.15) is 38.5 Å². The zero-order valence-electron chi connectivity index (χ0n) is 9.24. The molecule has 1 rings (SSSR count). The number of likely N-dealkylation sites (tertiary alicyclic amines) is 1. The van der Waals surface area contributed by atoms with E-state index in [2.05, 4.69) is 4.90 Å². The Morgan fingerprint density at radius 1 is 1.21 bits per heavy atom. The van der Waals surface area contributed by atoms with E-state index in [1.165, 1.54) is 32.4 Å². The molecule has 0 aromatic rings. The van der Waals surface area contributed by atoms with Gasteiger partial charge in [0, 0.05) is 26.8 Å². The summed E-state index contributed by atoms with van der Waals surface area (Å²) in [5.41, 5.74) is 0. The Morgan fingerprint density at radius 3 is 2.50 bits per heavy atom. The molecule has 1 fully saturated rings. The monoisotopic (exact) mass is 201 g/mol. The van der Waals surface area contributed by atoms with Crippen molar-refractivity contribution in [2.45, 2.75) is 44.8 Å². The second-order valence-electron chi connectivity index (χ2n) is 4.01. The Labute approximate surface area is 87.1 Å². The van der Waals surface area contributed by atoms with E-state index in [0.29, 0.717) is 6.61 Å². The molecule has 0 aliphatic carbocycles. The van der Waals surface area contributed by atoms with Crippen LogP contribution < -0.4 is 0 Å². The quantitative estimate of drug-likeness (QED) is 0.663. The van der Waals surface area contributed by atoms with Crippen LogP contribution in [0, 0.1) is 0 Å². The van der Waals surface area contributed by atoms with Crippen molar-refractivity contribution in [3.8, 4) is 0 Å². The zero-order valence-corrected chi connectivity index (χ0v) is 9.24. The molecule has 1 aliphatic heterocycles. The molecule has 0 bridgehead atoms. The van der Waals surface area contributed by atoms with Gasteiger partial charge in [0.05, 0.1) is 0 Å². The molecule has 1 aliphatic rings. The maximum atomic E-state index is 8.71. The highest BCUT2D eigenvalue weighted by Gasteiger charge is 2.19. The first kappa shape index (κ1) is 12.0. The van der Waals surface area contributed by atoms with Crippen LogP contribution in [-0.4, -0.2) is 43.0 Å². The van der Waals surface area contributed by atoms with Gasteiger partial charge in [-0.05, 0) is 32.1 Å². The molecule has 1 atom stereocenters. The Morgan fingerprint density at radius 2 is 1.93 bits per heavy atom. The molecular weight excluding hydrogens is 178 g/mol. The third kappa shape index (κ3) is 3.95. The summed E-state index contributed by atoms with van der Waals surface area (Å²) in [7, 11) is 1.79. The van der Waals surface area contributed by atoms with E-state index in [1.807, 2.05) is 0 Å². The van der Waals surface area contributed by atoms with Crippen molar-refractivity contribution >= 4 is 0 Å². The van der Waals surface area contributed by atoms with Gasteiger partial charge in [0.1, 0.15) is 6.23 Å². The summed E-state index contributed by atoms with van der Waals surface area (Å²) in [6.45, 7) is 2.66. The summed E-state index contributed by atoms with van der Waals surface area (Å²) >= 11 is 0. The third-order valence-corrected chi connectivity index (χ3v) is 2.93. The number of ether oxygens (including phenoxy) is 1. The van der Waals surface area contributed by atoms with E-state index in [1.54, 1.807) is 7.11 Å². The molecule has 0 saturated carbocycles. The number of rotatable bonds is 6. The molecule has 1 saturated heterocycles. The highest BCUT2D eigenvalue weighted by atomic mass is 16.5. The zero-order chi connectivity index (χ0) is 10.2. The van der Waals surface area contributed by atoms with Crippen molar-refractivity contribution in [3.63, 3.8) is 0 Å². The highest BCUT2D eigenvalue weighted by molar-refractivity contribution is 4.68. The van der Waals surface area contributed by atoms with Crippen molar-refractivity contribution in [2.75, 3.05) is 26.8 Å². The van der Waals surface area contributed by atoms with Gasteiger partial charge in [0.15, 0.2) is 0 Å². The van der Waals surface area contributed by atoms with Gasteiger partial charge < -0.3 is 9.84 Å². The number of nitrogens with zero attached hydrogens (tertiary/aromatic N) is 1. The molecule has 1 N–H and O–H groups in total. The van der Waals surface area contributed by atoms with Gasteiger partial charge in [-0.15, -0.1) is 0 Å². The van der Waals surface area contributed by atoms with E-state index < -0.39 is 0 Å². The fourth-order valence-electron chi connectivity index (χ4n) is 2.09. The predicted octanol–water partition coefficient (Wildman–Crippen LogP) is 1.61. The number of hydrogen-bond acceptors (Lipinski definition) is 3. The van der Waals surface area contributed by atoms with E-state index in [4.69, 9.17) is 9.84 Å². The number of aliphatic hydroxyl groups excluding tert-OH is 1. The second kappa shape index (κ2) is 7.21. The lowest BCUT2D eigenvalue weighted by Crippen LogP contribution is -2.40. The van der Waals surface area contributed by atoms with Gasteiger partial charge in [0.2, 0.25) is 0 Å². The van der Waals surface area contributed by atoms with Crippen LogP contribution in [-0.2, 0) is 4.74 Å². The Hall–Kier alpha value is -0.120. The predicted molar refractivity (Wildman–Crippen MR) is 57.2 cm³/mol. The lowest BCUT2D eigenvalue weighted by atomic mass is 10.1. The number of methoxy groups -OCH3 is 1. The smallest absolute Gasteiger partial charge is 0.110 e. The van der Waals surface area contributed by atoms with Crippen LogP contribution in [0.25, 0.3) is 0 Å². The minimum atomic E-state index is 0.279. The van der Waals surface area contributed by atoms with Crippen molar-refractivity contribution in [3.05, 3.63) is 0 Å². The summed E-state index contributed by atoms with van der Waals surface area (Å²) in [5.74, 6) is 0. The first-order chi connectivity index (χ1) is 6.88. The standard InChI is InChI=1S/C11H23NO2/c1-14-11(7-3-6-10-13)12-8-4-2-5-9-12/h11,13H,2-10H2,1H3. The van der Waals surface area contributed by atoms with Crippen molar-refractivity contribution in [1.82, 2.24) is 4.90 Å². The van der Waals surface area contributed by atoms with Gasteiger partial charge in [0.25, 0.3) is 0 Å². The number of aliphatic hydroxyl groups is 1. The highest BCUT2D eigenvalue weighted by Crippen LogP contribution is 2.16. The molecule has 3 nitrogen and oxygen atoms in total. The van der Waals surface area contributed by atoms with Gasteiger partial charge in [-0.3, -0.25) is 4.90 Å². The molecule has 1 unspecified atom stereocenters. The molecule has 1 heterocycles. The van der Waals surface area contributed by atoms with Crippen molar-refractivity contribution in [1.29, 1.82) is 0 Å². The molecule has 84 valence electrons. The van der Waals surface area contributed by atoms with Gasteiger partial charge in [-0.1, -0.05) is 6.42 Å². The third-order valence-electron chi connectivity index (χ3n) is 2.93. The van der Waals surface area contributed by atoms with Crippen LogP contribution in [0.2, 0.25) is 0 Å². The molecule has 0 amide bonds. The van der Waals surface area contributed by atoms with Gasteiger partial charge in [-0.2, -0.15) is 0 Å². The number of piperidine rings is 1. The SMILES string of the molecule is COC(CCCCO)N1CCCCC1. The normalized spacial score (nSPS) is 21.0. The summed E-state index contributed by atoms with van der Waals surface area (Å²) in [5, 5.41) is 8.71. The van der Waals surface area contributed by atoms with Crippen LogP contribution in [0.5, 0.6) is 0 Å². The Balaban J connectivity index is 2.21. The fraction of sp³-hybridized carbons (Fsp3) is 1.00. The maximum absolute atomic E-state index is 8.71. The van der Waals surface area contributed by atoms with Gasteiger partial charge >= 0.3 is 0 Å². The Kier molecular flexibility index (Phi) is 6.15. The molecule has 0 aromatic heterocycles. The lowest BCUT2D eigenvalue weighted by molar-refractivity contribution is -0.0475. The fourth-order valence-corrected chi connectivity index (χ4v) is 2.09.